The fraction of sp³-hybridized carbons (Fsp3) is 0.286. The number of carbonyl (C=O) groups excluding carboxylic acids is 2. The van der Waals surface area contributed by atoms with Gasteiger partial charge in [-0.25, -0.2) is 24.5 Å². The maximum atomic E-state index is 14.2. The summed E-state index contributed by atoms with van der Waals surface area (Å²) in [6, 6.07) is 26.7. The average molecular weight is 489 g/mol. The van der Waals surface area contributed by atoms with E-state index in [-0.39, 0.29) is 6.61 Å². The van der Waals surface area contributed by atoms with Gasteiger partial charge in [0.2, 0.25) is 0 Å². The van der Waals surface area contributed by atoms with Crippen LogP contribution in [0.3, 0.4) is 0 Å². The number of anilines is 1. The lowest BCUT2D eigenvalue weighted by Crippen LogP contribution is -2.61. The van der Waals surface area contributed by atoms with Crippen molar-refractivity contribution < 1.29 is 19.4 Å². The third-order valence-corrected chi connectivity index (χ3v) is 6.06. The molecule has 3 amide bonds. The van der Waals surface area contributed by atoms with Gasteiger partial charge in [-0.1, -0.05) is 78.9 Å². The summed E-state index contributed by atoms with van der Waals surface area (Å²) in [5.41, 5.74) is 2.35. The van der Waals surface area contributed by atoms with Crippen molar-refractivity contribution in [2.75, 3.05) is 37.8 Å². The molecule has 1 fully saturated rings. The molecule has 0 bridgehead atoms. The second-order valence-electron chi connectivity index (χ2n) is 8.57. The van der Waals surface area contributed by atoms with Gasteiger partial charge >= 0.3 is 12.1 Å². The molecule has 0 unspecified atom stereocenters. The number of aliphatic hydroxyl groups excluding tert-OH is 1. The number of hydrogen-bond acceptors (Lipinski definition) is 6. The van der Waals surface area contributed by atoms with Crippen LogP contribution in [0.15, 0.2) is 91.0 Å². The number of nitrogens with zero attached hydrogens (tertiary/aromatic N) is 3. The number of hydrogen-bond donors (Lipinski definition) is 2. The van der Waals surface area contributed by atoms with Crippen molar-refractivity contribution in [2.45, 2.75) is 19.1 Å². The summed E-state index contributed by atoms with van der Waals surface area (Å²) in [6.45, 7) is 2.23. The number of amides is 3. The lowest BCUT2D eigenvalue weighted by Gasteiger charge is -2.40. The van der Waals surface area contributed by atoms with Gasteiger partial charge in [0.05, 0.1) is 18.3 Å². The van der Waals surface area contributed by atoms with Gasteiger partial charge in [-0.2, -0.15) is 0 Å². The van der Waals surface area contributed by atoms with Crippen molar-refractivity contribution in [1.29, 1.82) is 0 Å². The van der Waals surface area contributed by atoms with E-state index in [9.17, 15) is 14.7 Å². The molecule has 2 N–H and O–H groups in total. The average Bonchev–Trinajstić information content (AvgIpc) is 2.94. The van der Waals surface area contributed by atoms with Crippen LogP contribution in [0.1, 0.15) is 11.1 Å². The van der Waals surface area contributed by atoms with E-state index in [1.165, 1.54) is 5.01 Å². The first kappa shape index (κ1) is 25.4. The summed E-state index contributed by atoms with van der Waals surface area (Å²) in [6.07, 6.45) is -0.497. The second-order valence-corrected chi connectivity index (χ2v) is 8.57. The number of imide groups is 1. The molecule has 1 heterocycles. The number of para-hydroxylation sites is 1. The number of nitrogens with one attached hydrogen (secondary N) is 1. The van der Waals surface area contributed by atoms with Crippen LogP contribution in [-0.2, 0) is 17.8 Å². The smallest absolute Gasteiger partial charge is 0.418 e. The summed E-state index contributed by atoms with van der Waals surface area (Å²) in [7, 11) is 0. The quantitative estimate of drug-likeness (QED) is 0.503. The Labute approximate surface area is 211 Å². The number of hydrazine groups is 1. The lowest BCUT2D eigenvalue weighted by atomic mass is 10.1. The zero-order valence-corrected chi connectivity index (χ0v) is 20.2. The molecule has 1 aliphatic rings. The highest BCUT2D eigenvalue weighted by Gasteiger charge is 2.37. The number of benzene rings is 3. The lowest BCUT2D eigenvalue weighted by molar-refractivity contribution is 0.0739. The predicted molar refractivity (Wildman–Crippen MR) is 138 cm³/mol. The third kappa shape index (κ3) is 6.48. The maximum absolute atomic E-state index is 14.2. The minimum Gasteiger partial charge on any atom is -0.444 e. The predicted octanol–water partition coefficient (Wildman–Crippen LogP) is 3.68. The first-order valence-corrected chi connectivity index (χ1v) is 12.2. The van der Waals surface area contributed by atoms with Gasteiger partial charge in [-0.3, -0.25) is 0 Å². The first-order chi connectivity index (χ1) is 17.7. The Morgan fingerprint density at radius 1 is 0.861 bits per heavy atom. The highest BCUT2D eigenvalue weighted by Crippen LogP contribution is 2.22. The topological polar surface area (TPSA) is 85.4 Å². The number of urea groups is 1. The van der Waals surface area contributed by atoms with Crippen molar-refractivity contribution in [3.8, 4) is 0 Å². The van der Waals surface area contributed by atoms with Crippen LogP contribution >= 0.6 is 0 Å². The molecule has 0 saturated carbocycles. The molecular formula is C28H32N4O4. The van der Waals surface area contributed by atoms with Crippen LogP contribution in [0.5, 0.6) is 0 Å². The summed E-state index contributed by atoms with van der Waals surface area (Å²) in [5.74, 6) is 0. The molecule has 3 aromatic rings. The molecule has 0 radical (unpaired) electrons. The zero-order valence-electron chi connectivity index (χ0n) is 20.2. The number of rotatable bonds is 8. The molecule has 1 saturated heterocycles. The van der Waals surface area contributed by atoms with E-state index < -0.39 is 24.8 Å². The summed E-state index contributed by atoms with van der Waals surface area (Å²) >= 11 is 0. The van der Waals surface area contributed by atoms with Gasteiger partial charge in [0.1, 0.15) is 6.61 Å². The Kier molecular flexibility index (Phi) is 9.04. The molecule has 3 aromatic carbocycles. The van der Waals surface area contributed by atoms with Gasteiger partial charge < -0.3 is 15.2 Å². The maximum Gasteiger partial charge on any atom is 0.418 e. The molecule has 8 heteroatoms. The van der Waals surface area contributed by atoms with Crippen LogP contribution in [0.2, 0.25) is 0 Å². The van der Waals surface area contributed by atoms with Gasteiger partial charge in [-0.05, 0) is 29.7 Å². The SMILES string of the molecule is O=C(OCc1ccccc1)N(C(=O)N(c1ccccc1)N1CCNCC1)[C@@H](CO)Cc1ccccc1. The molecule has 0 spiro atoms. The Bertz CT molecular complexity index is 1090. The van der Waals surface area contributed by atoms with E-state index in [1.807, 2.05) is 96.0 Å². The standard InChI is InChI=1S/C28H32N4O4/c33-21-26(20-23-10-4-1-5-11-23)31(28(35)36-22-24-12-6-2-7-13-24)27(34)32(25-14-8-3-9-15-25)30-18-16-29-17-19-30/h1-15,26,29,33H,16-22H2/t26-/m1/s1. The molecule has 1 aliphatic heterocycles. The number of piperazine rings is 1. The molecular weight excluding hydrogens is 456 g/mol. The van der Waals surface area contributed by atoms with Crippen LogP contribution in [0, 0.1) is 0 Å². The van der Waals surface area contributed by atoms with E-state index in [0.717, 1.165) is 16.0 Å². The fourth-order valence-electron chi connectivity index (χ4n) is 4.21. The normalized spacial score (nSPS) is 14.6. The monoisotopic (exact) mass is 488 g/mol. The molecule has 188 valence electrons. The first-order valence-electron chi connectivity index (χ1n) is 12.2. The number of ether oxygens (including phenoxy) is 1. The van der Waals surface area contributed by atoms with Crippen molar-refractivity contribution in [2.24, 2.45) is 0 Å². The molecule has 0 aliphatic carbocycles. The van der Waals surface area contributed by atoms with E-state index >= 15 is 0 Å². The summed E-state index contributed by atoms with van der Waals surface area (Å²) in [5, 5.41) is 17.1. The van der Waals surface area contributed by atoms with Gasteiger partial charge in [0.25, 0.3) is 0 Å². The van der Waals surface area contributed by atoms with Gasteiger partial charge in [0.15, 0.2) is 0 Å². The Morgan fingerprint density at radius 3 is 2.00 bits per heavy atom. The second kappa shape index (κ2) is 12.8. The largest absolute Gasteiger partial charge is 0.444 e. The third-order valence-electron chi connectivity index (χ3n) is 6.06. The van der Waals surface area contributed by atoms with Crippen LogP contribution in [-0.4, -0.2) is 66.0 Å². The molecule has 1 atom stereocenters. The highest BCUT2D eigenvalue weighted by molar-refractivity contribution is 6.00. The summed E-state index contributed by atoms with van der Waals surface area (Å²) < 4.78 is 5.60. The molecule has 0 aromatic heterocycles. The Morgan fingerprint density at radius 2 is 1.42 bits per heavy atom. The minimum atomic E-state index is -0.808. The molecule has 4 rings (SSSR count). The minimum absolute atomic E-state index is 0.0198. The van der Waals surface area contributed by atoms with E-state index in [2.05, 4.69) is 5.32 Å². The fourth-order valence-corrected chi connectivity index (χ4v) is 4.21. The number of carbonyl (C=O) groups is 2. The van der Waals surface area contributed by atoms with Crippen molar-refractivity contribution in [1.82, 2.24) is 15.2 Å². The molecule has 8 nitrogen and oxygen atoms in total. The zero-order chi connectivity index (χ0) is 25.2. The van der Waals surface area contributed by atoms with E-state index in [0.29, 0.717) is 38.3 Å². The van der Waals surface area contributed by atoms with Gasteiger partial charge in [0, 0.05) is 26.2 Å². The van der Waals surface area contributed by atoms with Crippen LogP contribution < -0.4 is 10.3 Å². The van der Waals surface area contributed by atoms with Crippen LogP contribution in [0.4, 0.5) is 15.3 Å². The van der Waals surface area contributed by atoms with Crippen LogP contribution in [0.25, 0.3) is 0 Å². The summed E-state index contributed by atoms with van der Waals surface area (Å²) in [4.78, 5) is 28.7. The van der Waals surface area contributed by atoms with Crippen molar-refractivity contribution in [3.63, 3.8) is 0 Å². The Hall–Kier alpha value is -3.72. The number of aliphatic hydroxyl groups is 1. The molecule has 36 heavy (non-hydrogen) atoms. The van der Waals surface area contributed by atoms with Crippen molar-refractivity contribution in [3.05, 3.63) is 102 Å². The van der Waals surface area contributed by atoms with E-state index in [1.54, 1.807) is 0 Å². The van der Waals surface area contributed by atoms with Crippen molar-refractivity contribution >= 4 is 17.8 Å². The highest BCUT2D eigenvalue weighted by atomic mass is 16.6. The Balaban J connectivity index is 1.66. The van der Waals surface area contributed by atoms with E-state index in [4.69, 9.17) is 4.74 Å². The van der Waals surface area contributed by atoms with Gasteiger partial charge in [-0.15, -0.1) is 0 Å².